The number of nitrogens with two attached hydrogens (primary N) is 1. The van der Waals surface area contributed by atoms with E-state index in [1.165, 1.54) is 5.56 Å². The number of oxime groups is 1. The van der Waals surface area contributed by atoms with Crippen molar-refractivity contribution >= 4 is 17.4 Å². The minimum atomic E-state index is -0.257. The van der Waals surface area contributed by atoms with Crippen molar-refractivity contribution in [1.82, 2.24) is 5.32 Å². The van der Waals surface area contributed by atoms with E-state index in [0.29, 0.717) is 5.84 Å². The first-order chi connectivity index (χ1) is 9.86. The fraction of sp³-hybridized carbons (Fsp3) is 0.562. The lowest BCUT2D eigenvalue weighted by Crippen LogP contribution is -2.32. The first-order valence-corrected chi connectivity index (χ1v) is 7.71. The Morgan fingerprint density at radius 3 is 2.76 bits per heavy atom. The van der Waals surface area contributed by atoms with E-state index in [9.17, 15) is 0 Å². The van der Waals surface area contributed by atoms with Gasteiger partial charge in [-0.15, -0.1) is 0 Å². The van der Waals surface area contributed by atoms with Crippen LogP contribution in [0.2, 0.25) is 5.02 Å². The molecule has 0 bridgehead atoms. The van der Waals surface area contributed by atoms with Crippen molar-refractivity contribution in [3.05, 3.63) is 34.9 Å². The molecule has 0 aliphatic heterocycles. The normalized spacial score (nSPS) is 14.2. The minimum absolute atomic E-state index is 0.257. The predicted octanol–water partition coefficient (Wildman–Crippen LogP) is 3.93. The van der Waals surface area contributed by atoms with Crippen molar-refractivity contribution in [2.24, 2.45) is 16.3 Å². The Kier molecular flexibility index (Phi) is 6.99. The van der Waals surface area contributed by atoms with E-state index in [1.54, 1.807) is 0 Å². The number of amidine groups is 1. The Labute approximate surface area is 132 Å². The Hall–Kier alpha value is -1.26. The largest absolute Gasteiger partial charge is 0.409 e. The zero-order valence-corrected chi connectivity index (χ0v) is 13.8. The second kappa shape index (κ2) is 8.25. The monoisotopic (exact) mass is 311 g/mol. The summed E-state index contributed by atoms with van der Waals surface area (Å²) in [5.74, 6) is 0.294. The summed E-state index contributed by atoms with van der Waals surface area (Å²) in [5.41, 5.74) is 6.61. The van der Waals surface area contributed by atoms with Gasteiger partial charge in [0, 0.05) is 16.5 Å². The number of hydrogen-bond donors (Lipinski definition) is 3. The number of nitrogens with one attached hydrogen (secondary N) is 1. The summed E-state index contributed by atoms with van der Waals surface area (Å²) in [6.07, 6.45) is 2.97. The summed E-state index contributed by atoms with van der Waals surface area (Å²) in [7, 11) is 0. The molecule has 0 radical (unpaired) electrons. The summed E-state index contributed by atoms with van der Waals surface area (Å²) in [6, 6.07) is 8.19. The molecule has 0 amide bonds. The van der Waals surface area contributed by atoms with Crippen LogP contribution in [0.5, 0.6) is 0 Å². The van der Waals surface area contributed by atoms with Crippen LogP contribution in [0.3, 0.4) is 0 Å². The van der Waals surface area contributed by atoms with Crippen molar-refractivity contribution < 1.29 is 5.21 Å². The number of halogens is 1. The summed E-state index contributed by atoms with van der Waals surface area (Å²) >= 11 is 6.00. The van der Waals surface area contributed by atoms with Crippen molar-refractivity contribution in [1.29, 1.82) is 0 Å². The van der Waals surface area contributed by atoms with Gasteiger partial charge in [0.15, 0.2) is 0 Å². The molecule has 0 aliphatic rings. The standard InChI is InChI=1S/C16H26ClN3O/c1-12(13-7-6-8-14(17)11-13)19-10-5-4-9-16(2,3)15(18)20-21/h6-8,11-12,19,21H,4-5,9-10H2,1-3H3,(H2,18,20). The third-order valence-electron chi connectivity index (χ3n) is 3.83. The Morgan fingerprint density at radius 2 is 2.14 bits per heavy atom. The zero-order chi connectivity index (χ0) is 15.9. The maximum Gasteiger partial charge on any atom is 0.144 e. The van der Waals surface area contributed by atoms with Crippen LogP contribution < -0.4 is 11.1 Å². The molecular weight excluding hydrogens is 286 g/mol. The van der Waals surface area contributed by atoms with Crippen LogP contribution in [-0.4, -0.2) is 17.6 Å². The second-order valence-corrected chi connectivity index (χ2v) is 6.49. The van der Waals surface area contributed by atoms with Gasteiger partial charge in [0.1, 0.15) is 5.84 Å². The molecule has 0 spiro atoms. The van der Waals surface area contributed by atoms with E-state index in [-0.39, 0.29) is 11.5 Å². The molecule has 1 rings (SSSR count). The summed E-state index contributed by atoms with van der Waals surface area (Å²) in [6.45, 7) is 7.04. The highest BCUT2D eigenvalue weighted by Crippen LogP contribution is 2.23. The molecule has 0 saturated heterocycles. The lowest BCUT2D eigenvalue weighted by molar-refractivity contribution is 0.304. The molecule has 4 N–H and O–H groups in total. The molecule has 0 heterocycles. The second-order valence-electron chi connectivity index (χ2n) is 6.06. The smallest absolute Gasteiger partial charge is 0.144 e. The quantitative estimate of drug-likeness (QED) is 0.224. The molecule has 0 aromatic heterocycles. The van der Waals surface area contributed by atoms with Crippen molar-refractivity contribution in [3.8, 4) is 0 Å². The summed E-state index contributed by atoms with van der Waals surface area (Å²) in [5, 5.41) is 16.1. The lowest BCUT2D eigenvalue weighted by atomic mass is 9.86. The van der Waals surface area contributed by atoms with Gasteiger partial charge < -0.3 is 16.3 Å². The highest BCUT2D eigenvalue weighted by Gasteiger charge is 2.22. The summed E-state index contributed by atoms with van der Waals surface area (Å²) in [4.78, 5) is 0. The van der Waals surface area contributed by atoms with E-state index in [4.69, 9.17) is 22.5 Å². The molecule has 21 heavy (non-hydrogen) atoms. The predicted molar refractivity (Wildman–Crippen MR) is 88.9 cm³/mol. The van der Waals surface area contributed by atoms with E-state index < -0.39 is 0 Å². The van der Waals surface area contributed by atoms with Gasteiger partial charge in [0.25, 0.3) is 0 Å². The SMILES string of the molecule is CC(NCCCCC(C)(C)/C(N)=N/O)c1cccc(Cl)c1. The molecule has 4 nitrogen and oxygen atoms in total. The minimum Gasteiger partial charge on any atom is -0.409 e. The number of hydrogen-bond acceptors (Lipinski definition) is 3. The Balaban J connectivity index is 2.29. The van der Waals surface area contributed by atoms with E-state index in [2.05, 4.69) is 23.5 Å². The van der Waals surface area contributed by atoms with Crippen LogP contribution in [0.25, 0.3) is 0 Å². The van der Waals surface area contributed by atoms with Crippen LogP contribution >= 0.6 is 11.6 Å². The van der Waals surface area contributed by atoms with Crippen LogP contribution in [0.4, 0.5) is 0 Å². The highest BCUT2D eigenvalue weighted by atomic mass is 35.5. The van der Waals surface area contributed by atoms with Crippen LogP contribution in [-0.2, 0) is 0 Å². The number of unbranched alkanes of at least 4 members (excludes halogenated alkanes) is 1. The van der Waals surface area contributed by atoms with E-state index in [1.807, 2.05) is 32.0 Å². The molecule has 0 saturated carbocycles. The van der Waals surface area contributed by atoms with Gasteiger partial charge in [0.2, 0.25) is 0 Å². The van der Waals surface area contributed by atoms with Crippen LogP contribution in [0.1, 0.15) is 51.6 Å². The molecule has 5 heteroatoms. The van der Waals surface area contributed by atoms with Crippen molar-refractivity contribution in [2.75, 3.05) is 6.54 Å². The molecular formula is C16H26ClN3O. The average Bonchev–Trinajstić information content (AvgIpc) is 2.45. The number of benzene rings is 1. The number of rotatable bonds is 8. The highest BCUT2D eigenvalue weighted by molar-refractivity contribution is 6.30. The average molecular weight is 312 g/mol. The first kappa shape index (κ1) is 17.8. The van der Waals surface area contributed by atoms with Gasteiger partial charge in [-0.1, -0.05) is 49.2 Å². The van der Waals surface area contributed by atoms with Crippen molar-refractivity contribution in [2.45, 2.75) is 46.1 Å². The van der Waals surface area contributed by atoms with Crippen LogP contribution in [0.15, 0.2) is 29.4 Å². The fourth-order valence-electron chi connectivity index (χ4n) is 2.17. The number of nitrogens with zero attached hydrogens (tertiary/aromatic N) is 1. The Morgan fingerprint density at radius 1 is 1.43 bits per heavy atom. The van der Waals surface area contributed by atoms with E-state index in [0.717, 1.165) is 30.8 Å². The van der Waals surface area contributed by atoms with E-state index >= 15 is 0 Å². The van der Waals surface area contributed by atoms with Gasteiger partial charge in [-0.3, -0.25) is 0 Å². The molecule has 1 atom stereocenters. The Bertz CT molecular complexity index is 474. The van der Waals surface area contributed by atoms with Gasteiger partial charge in [0.05, 0.1) is 0 Å². The third kappa shape index (κ3) is 5.94. The molecule has 0 aliphatic carbocycles. The third-order valence-corrected chi connectivity index (χ3v) is 4.06. The lowest BCUT2D eigenvalue weighted by Gasteiger charge is -2.22. The summed E-state index contributed by atoms with van der Waals surface area (Å²) < 4.78 is 0. The molecule has 1 aromatic rings. The molecule has 1 aromatic carbocycles. The molecule has 118 valence electrons. The van der Waals surface area contributed by atoms with Gasteiger partial charge >= 0.3 is 0 Å². The maximum atomic E-state index is 8.73. The van der Waals surface area contributed by atoms with Gasteiger partial charge in [-0.05, 0) is 44.0 Å². The topological polar surface area (TPSA) is 70.6 Å². The van der Waals surface area contributed by atoms with Gasteiger partial charge in [-0.25, -0.2) is 0 Å². The molecule has 1 unspecified atom stereocenters. The first-order valence-electron chi connectivity index (χ1n) is 7.33. The maximum absolute atomic E-state index is 8.73. The van der Waals surface area contributed by atoms with Crippen molar-refractivity contribution in [3.63, 3.8) is 0 Å². The zero-order valence-electron chi connectivity index (χ0n) is 13.1. The fourth-order valence-corrected chi connectivity index (χ4v) is 2.37. The van der Waals surface area contributed by atoms with Crippen LogP contribution in [0, 0.1) is 5.41 Å². The molecule has 0 fully saturated rings. The van der Waals surface area contributed by atoms with Gasteiger partial charge in [-0.2, -0.15) is 0 Å².